The maximum atomic E-state index is 6.11. The van der Waals surface area contributed by atoms with Crippen molar-refractivity contribution in [3.8, 4) is 0 Å². The fourth-order valence-electron chi connectivity index (χ4n) is 3.26. The predicted molar refractivity (Wildman–Crippen MR) is 84.1 cm³/mol. The third-order valence-electron chi connectivity index (χ3n) is 4.47. The molecule has 2 N–H and O–H groups in total. The van der Waals surface area contributed by atoms with E-state index in [1.165, 1.54) is 53.6 Å². The van der Waals surface area contributed by atoms with Crippen LogP contribution in [-0.4, -0.2) is 6.54 Å². The number of thiophene rings is 1. The summed E-state index contributed by atoms with van der Waals surface area (Å²) < 4.78 is 1.24. The molecule has 1 aromatic heterocycles. The first kappa shape index (κ1) is 14.5. The molecule has 0 saturated heterocycles. The van der Waals surface area contributed by atoms with Crippen LogP contribution in [0.4, 0.5) is 0 Å². The van der Waals surface area contributed by atoms with Crippen molar-refractivity contribution in [1.29, 1.82) is 0 Å². The lowest BCUT2D eigenvalue weighted by Gasteiger charge is -2.39. The Kier molecular flexibility index (Phi) is 5.28. The van der Waals surface area contributed by atoms with Gasteiger partial charge in [0.05, 0.1) is 3.79 Å². The molecule has 1 fully saturated rings. The SMILES string of the molecule is CCCC1CCC(CN)(Cc2ccc(Br)s2)CC1. The highest BCUT2D eigenvalue weighted by molar-refractivity contribution is 9.11. The molecule has 0 aromatic carbocycles. The number of halogens is 1. The molecular weight excluding hydrogens is 306 g/mol. The molecule has 102 valence electrons. The van der Waals surface area contributed by atoms with E-state index in [4.69, 9.17) is 5.73 Å². The van der Waals surface area contributed by atoms with Crippen LogP contribution in [-0.2, 0) is 6.42 Å². The van der Waals surface area contributed by atoms with Gasteiger partial charge in [-0.15, -0.1) is 11.3 Å². The Hall–Kier alpha value is 0.140. The molecule has 0 amide bonds. The lowest BCUT2D eigenvalue weighted by atomic mass is 9.67. The van der Waals surface area contributed by atoms with E-state index in [9.17, 15) is 0 Å². The molecule has 1 saturated carbocycles. The van der Waals surface area contributed by atoms with Crippen molar-refractivity contribution in [2.45, 2.75) is 51.9 Å². The van der Waals surface area contributed by atoms with Crippen LogP contribution in [0, 0.1) is 11.3 Å². The average molecular weight is 330 g/mol. The van der Waals surface area contributed by atoms with E-state index in [1.54, 1.807) is 0 Å². The number of nitrogens with two attached hydrogens (primary N) is 1. The van der Waals surface area contributed by atoms with Crippen molar-refractivity contribution in [2.75, 3.05) is 6.54 Å². The minimum Gasteiger partial charge on any atom is -0.330 e. The summed E-state index contributed by atoms with van der Waals surface area (Å²) in [4.78, 5) is 1.49. The lowest BCUT2D eigenvalue weighted by molar-refractivity contribution is 0.152. The Labute approximate surface area is 123 Å². The smallest absolute Gasteiger partial charge is 0.0701 e. The molecule has 0 unspecified atom stereocenters. The zero-order valence-electron chi connectivity index (χ0n) is 11.3. The zero-order valence-corrected chi connectivity index (χ0v) is 13.7. The molecule has 3 heteroatoms. The van der Waals surface area contributed by atoms with Gasteiger partial charge in [-0.1, -0.05) is 19.8 Å². The van der Waals surface area contributed by atoms with Gasteiger partial charge >= 0.3 is 0 Å². The number of hydrogen-bond donors (Lipinski definition) is 1. The van der Waals surface area contributed by atoms with Crippen molar-refractivity contribution < 1.29 is 0 Å². The first-order chi connectivity index (χ1) is 8.67. The number of hydrogen-bond acceptors (Lipinski definition) is 2. The summed E-state index contributed by atoms with van der Waals surface area (Å²) >= 11 is 5.42. The Morgan fingerprint density at radius 3 is 2.61 bits per heavy atom. The minimum absolute atomic E-state index is 0.383. The molecule has 0 radical (unpaired) electrons. The quantitative estimate of drug-likeness (QED) is 0.809. The molecule has 18 heavy (non-hydrogen) atoms. The third kappa shape index (κ3) is 3.58. The van der Waals surface area contributed by atoms with Crippen molar-refractivity contribution >= 4 is 27.3 Å². The van der Waals surface area contributed by atoms with E-state index in [0.29, 0.717) is 5.41 Å². The van der Waals surface area contributed by atoms with Crippen LogP contribution in [0.5, 0.6) is 0 Å². The van der Waals surface area contributed by atoms with Gasteiger partial charge in [0, 0.05) is 4.88 Å². The Morgan fingerprint density at radius 1 is 1.39 bits per heavy atom. The summed E-state index contributed by atoms with van der Waals surface area (Å²) in [5, 5.41) is 0. The molecule has 2 rings (SSSR count). The second-order valence-electron chi connectivity index (χ2n) is 5.82. The molecular formula is C15H24BrNS. The highest BCUT2D eigenvalue weighted by Gasteiger charge is 2.34. The normalized spacial score (nSPS) is 28.5. The van der Waals surface area contributed by atoms with E-state index < -0.39 is 0 Å². The molecule has 1 aromatic rings. The highest BCUT2D eigenvalue weighted by atomic mass is 79.9. The molecule has 1 aliphatic rings. The van der Waals surface area contributed by atoms with E-state index >= 15 is 0 Å². The summed E-state index contributed by atoms with van der Waals surface area (Å²) in [5.74, 6) is 0.963. The van der Waals surface area contributed by atoms with Crippen molar-refractivity contribution in [3.63, 3.8) is 0 Å². The van der Waals surface area contributed by atoms with Crippen molar-refractivity contribution in [3.05, 3.63) is 20.8 Å². The average Bonchev–Trinajstić information content (AvgIpc) is 2.78. The fraction of sp³-hybridized carbons (Fsp3) is 0.733. The fourth-order valence-corrected chi connectivity index (χ4v) is 4.91. The van der Waals surface area contributed by atoms with Gasteiger partial charge in [-0.25, -0.2) is 0 Å². The first-order valence-corrected chi connectivity index (χ1v) is 8.73. The summed E-state index contributed by atoms with van der Waals surface area (Å²) in [6, 6.07) is 4.41. The van der Waals surface area contributed by atoms with Crippen LogP contribution >= 0.6 is 27.3 Å². The molecule has 1 heterocycles. The van der Waals surface area contributed by atoms with Gasteiger partial charge in [0.1, 0.15) is 0 Å². The van der Waals surface area contributed by atoms with Gasteiger partial charge < -0.3 is 5.73 Å². The van der Waals surface area contributed by atoms with E-state index in [2.05, 4.69) is 35.0 Å². The largest absolute Gasteiger partial charge is 0.330 e. The summed E-state index contributed by atoms with van der Waals surface area (Å²) in [7, 11) is 0. The molecule has 0 aliphatic heterocycles. The Morgan fingerprint density at radius 2 is 2.11 bits per heavy atom. The van der Waals surface area contributed by atoms with Crippen LogP contribution in [0.1, 0.15) is 50.3 Å². The topological polar surface area (TPSA) is 26.0 Å². The maximum Gasteiger partial charge on any atom is 0.0701 e. The molecule has 1 nitrogen and oxygen atoms in total. The van der Waals surface area contributed by atoms with Crippen LogP contribution in [0.3, 0.4) is 0 Å². The molecule has 0 atom stereocenters. The van der Waals surface area contributed by atoms with E-state index in [0.717, 1.165) is 12.5 Å². The van der Waals surface area contributed by atoms with Crippen LogP contribution in [0.25, 0.3) is 0 Å². The summed E-state index contributed by atoms with van der Waals surface area (Å²) in [6.45, 7) is 3.15. The van der Waals surface area contributed by atoms with E-state index in [-0.39, 0.29) is 0 Å². The zero-order chi connectivity index (χ0) is 13.0. The Balaban J connectivity index is 1.96. The maximum absolute atomic E-state index is 6.11. The first-order valence-electron chi connectivity index (χ1n) is 7.12. The van der Waals surface area contributed by atoms with Gasteiger partial charge in [0.2, 0.25) is 0 Å². The van der Waals surface area contributed by atoms with Gasteiger partial charge in [-0.3, -0.25) is 0 Å². The summed E-state index contributed by atoms with van der Waals surface area (Å²) in [6.07, 6.45) is 9.34. The van der Waals surface area contributed by atoms with Crippen molar-refractivity contribution in [2.24, 2.45) is 17.1 Å². The summed E-state index contributed by atoms with van der Waals surface area (Å²) in [5.41, 5.74) is 6.49. The lowest BCUT2D eigenvalue weighted by Crippen LogP contribution is -2.36. The van der Waals surface area contributed by atoms with Crippen LogP contribution in [0.2, 0.25) is 0 Å². The standard InChI is InChI=1S/C15H24BrNS/c1-2-3-12-6-8-15(11-17,9-7-12)10-13-4-5-14(16)18-13/h4-5,12H,2-3,6-11,17H2,1H3. The highest BCUT2D eigenvalue weighted by Crippen LogP contribution is 2.43. The second-order valence-corrected chi connectivity index (χ2v) is 8.37. The Bertz CT molecular complexity index is 366. The molecule has 1 aliphatic carbocycles. The van der Waals surface area contributed by atoms with E-state index in [1.807, 2.05) is 11.3 Å². The van der Waals surface area contributed by atoms with Crippen LogP contribution < -0.4 is 5.73 Å². The second kappa shape index (κ2) is 6.53. The minimum atomic E-state index is 0.383. The van der Waals surface area contributed by atoms with Gasteiger partial charge in [0.15, 0.2) is 0 Å². The van der Waals surface area contributed by atoms with Crippen molar-refractivity contribution in [1.82, 2.24) is 0 Å². The molecule has 0 bridgehead atoms. The monoisotopic (exact) mass is 329 g/mol. The van der Waals surface area contributed by atoms with Gasteiger partial charge in [0.25, 0.3) is 0 Å². The van der Waals surface area contributed by atoms with Crippen LogP contribution in [0.15, 0.2) is 15.9 Å². The predicted octanol–water partition coefficient (Wildman–Crippen LogP) is 4.99. The third-order valence-corrected chi connectivity index (χ3v) is 6.10. The molecule has 0 spiro atoms. The van der Waals surface area contributed by atoms with Gasteiger partial charge in [-0.05, 0) is 78.0 Å². The van der Waals surface area contributed by atoms with Gasteiger partial charge in [-0.2, -0.15) is 0 Å². The number of rotatable bonds is 5.